The van der Waals surface area contributed by atoms with Gasteiger partial charge in [0.2, 0.25) is 0 Å². The monoisotopic (exact) mass is 281 g/mol. The lowest BCUT2D eigenvalue weighted by atomic mass is 10.1. The van der Waals surface area contributed by atoms with Crippen LogP contribution in [0.4, 0.5) is 4.79 Å². The Kier molecular flexibility index (Phi) is 4.91. The second kappa shape index (κ2) is 6.88. The van der Waals surface area contributed by atoms with Crippen LogP contribution < -0.4 is 5.32 Å². The molecule has 8 heteroatoms. The summed E-state index contributed by atoms with van der Waals surface area (Å²) in [6, 6.07) is -0.352. The Morgan fingerprint density at radius 3 is 3.00 bits per heavy atom. The van der Waals surface area contributed by atoms with Crippen LogP contribution in [0.2, 0.25) is 0 Å². The van der Waals surface area contributed by atoms with Crippen molar-refractivity contribution in [2.24, 2.45) is 0 Å². The molecule has 2 heterocycles. The summed E-state index contributed by atoms with van der Waals surface area (Å²) in [7, 11) is 0. The van der Waals surface area contributed by atoms with Crippen LogP contribution in [0.25, 0.3) is 0 Å². The van der Waals surface area contributed by atoms with Crippen molar-refractivity contribution in [3.05, 3.63) is 12.4 Å². The highest BCUT2D eigenvalue weighted by atomic mass is 16.4. The zero-order valence-corrected chi connectivity index (χ0v) is 11.2. The van der Waals surface area contributed by atoms with Crippen LogP contribution in [0.15, 0.2) is 12.4 Å². The van der Waals surface area contributed by atoms with Gasteiger partial charge in [0.15, 0.2) is 0 Å². The summed E-state index contributed by atoms with van der Waals surface area (Å²) >= 11 is 0. The molecule has 1 aromatic heterocycles. The second-order valence-corrected chi connectivity index (χ2v) is 4.84. The zero-order valence-electron chi connectivity index (χ0n) is 11.2. The van der Waals surface area contributed by atoms with Crippen LogP contribution >= 0.6 is 0 Å². The van der Waals surface area contributed by atoms with Crippen molar-refractivity contribution in [1.82, 2.24) is 25.2 Å². The molecule has 0 saturated carbocycles. The fraction of sp³-hybridized carbons (Fsp3) is 0.667. The van der Waals surface area contributed by atoms with E-state index in [4.69, 9.17) is 5.11 Å². The lowest BCUT2D eigenvalue weighted by Gasteiger charge is -2.23. The van der Waals surface area contributed by atoms with E-state index < -0.39 is 5.97 Å². The number of aromatic nitrogens is 3. The number of rotatable bonds is 6. The Morgan fingerprint density at radius 1 is 1.45 bits per heavy atom. The molecule has 110 valence electrons. The predicted molar refractivity (Wildman–Crippen MR) is 70.0 cm³/mol. The topological polar surface area (TPSA) is 100 Å². The van der Waals surface area contributed by atoms with Crippen LogP contribution in [-0.4, -0.2) is 56.1 Å². The van der Waals surface area contributed by atoms with E-state index in [1.54, 1.807) is 22.0 Å². The third-order valence-corrected chi connectivity index (χ3v) is 3.36. The highest BCUT2D eigenvalue weighted by Crippen LogP contribution is 2.19. The number of nitrogens with one attached hydrogen (secondary N) is 1. The van der Waals surface area contributed by atoms with Crippen LogP contribution in [0.5, 0.6) is 0 Å². The molecule has 1 saturated heterocycles. The minimum atomic E-state index is -0.860. The first-order chi connectivity index (χ1) is 9.66. The molecule has 0 radical (unpaired) electrons. The number of carboxylic acids is 1. The highest BCUT2D eigenvalue weighted by Gasteiger charge is 2.29. The zero-order chi connectivity index (χ0) is 14.4. The standard InChI is InChI=1S/C12H19N5O3/c18-11(19)9-10-3-1-7-17(10)12(20)13-4-2-6-16-8-5-14-15-16/h5,8,10H,1-4,6-7,9H2,(H,13,20)(H,18,19). The molecular formula is C12H19N5O3. The molecule has 1 aliphatic heterocycles. The summed E-state index contributed by atoms with van der Waals surface area (Å²) in [6.07, 6.45) is 5.78. The molecule has 0 spiro atoms. The summed E-state index contributed by atoms with van der Waals surface area (Å²) < 4.78 is 1.70. The first-order valence-corrected chi connectivity index (χ1v) is 6.77. The molecule has 0 bridgehead atoms. The number of carboxylic acid groups (broad SMARTS) is 1. The molecule has 0 aliphatic carbocycles. The SMILES string of the molecule is O=C(O)CC1CCCN1C(=O)NCCCn1ccnn1. The summed E-state index contributed by atoms with van der Waals surface area (Å²) in [4.78, 5) is 24.4. The smallest absolute Gasteiger partial charge is 0.317 e. The molecule has 1 aromatic rings. The van der Waals surface area contributed by atoms with E-state index in [9.17, 15) is 9.59 Å². The van der Waals surface area contributed by atoms with Crippen molar-refractivity contribution in [3.8, 4) is 0 Å². The molecule has 1 fully saturated rings. The summed E-state index contributed by atoms with van der Waals surface area (Å²) in [6.45, 7) is 1.86. The third-order valence-electron chi connectivity index (χ3n) is 3.36. The van der Waals surface area contributed by atoms with Crippen LogP contribution in [0.1, 0.15) is 25.7 Å². The molecule has 2 N–H and O–H groups in total. The van der Waals surface area contributed by atoms with Crippen molar-refractivity contribution < 1.29 is 14.7 Å². The average Bonchev–Trinajstić information content (AvgIpc) is 3.04. The first-order valence-electron chi connectivity index (χ1n) is 6.77. The van der Waals surface area contributed by atoms with E-state index >= 15 is 0 Å². The van der Waals surface area contributed by atoms with Crippen LogP contribution in [0, 0.1) is 0 Å². The molecule has 20 heavy (non-hydrogen) atoms. The normalized spacial score (nSPS) is 18.2. The maximum atomic E-state index is 12.0. The number of carbonyl (C=O) groups is 2. The van der Waals surface area contributed by atoms with Crippen molar-refractivity contribution in [1.29, 1.82) is 0 Å². The first kappa shape index (κ1) is 14.3. The number of carbonyl (C=O) groups excluding carboxylic acids is 1. The van der Waals surface area contributed by atoms with Gasteiger partial charge < -0.3 is 15.3 Å². The average molecular weight is 281 g/mol. The van der Waals surface area contributed by atoms with Gasteiger partial charge in [-0.2, -0.15) is 0 Å². The van der Waals surface area contributed by atoms with E-state index in [0.717, 1.165) is 19.3 Å². The van der Waals surface area contributed by atoms with Gasteiger partial charge in [-0.15, -0.1) is 5.10 Å². The Labute approximate surface area is 116 Å². The number of urea groups is 1. The molecule has 0 aromatic carbocycles. The molecule has 1 aliphatic rings. The Morgan fingerprint density at radius 2 is 2.30 bits per heavy atom. The fourth-order valence-electron chi connectivity index (χ4n) is 2.41. The number of hydrogen-bond donors (Lipinski definition) is 2. The van der Waals surface area contributed by atoms with Gasteiger partial charge in [-0.05, 0) is 19.3 Å². The highest BCUT2D eigenvalue weighted by molar-refractivity contribution is 5.76. The van der Waals surface area contributed by atoms with Gasteiger partial charge in [0.05, 0.1) is 12.6 Å². The van der Waals surface area contributed by atoms with E-state index in [1.807, 2.05) is 0 Å². The number of amides is 2. The predicted octanol–water partition coefficient (Wildman–Crippen LogP) is 0.317. The van der Waals surface area contributed by atoms with Crippen molar-refractivity contribution >= 4 is 12.0 Å². The minimum Gasteiger partial charge on any atom is -0.481 e. The Balaban J connectivity index is 1.69. The maximum absolute atomic E-state index is 12.0. The number of nitrogens with zero attached hydrogens (tertiary/aromatic N) is 4. The molecule has 1 atom stereocenters. The van der Waals surface area contributed by atoms with Crippen molar-refractivity contribution in [2.45, 2.75) is 38.3 Å². The lowest BCUT2D eigenvalue weighted by Crippen LogP contribution is -2.43. The van der Waals surface area contributed by atoms with Gasteiger partial charge >= 0.3 is 12.0 Å². The van der Waals surface area contributed by atoms with E-state index in [2.05, 4.69) is 15.6 Å². The van der Waals surface area contributed by atoms with Gasteiger partial charge in [-0.3, -0.25) is 9.48 Å². The van der Waals surface area contributed by atoms with Crippen LogP contribution in [0.3, 0.4) is 0 Å². The van der Waals surface area contributed by atoms with Crippen molar-refractivity contribution in [2.75, 3.05) is 13.1 Å². The van der Waals surface area contributed by atoms with Gasteiger partial charge in [0, 0.05) is 31.9 Å². The number of hydrogen-bond acceptors (Lipinski definition) is 4. The third kappa shape index (κ3) is 3.94. The second-order valence-electron chi connectivity index (χ2n) is 4.84. The summed E-state index contributed by atoms with van der Waals surface area (Å²) in [5.74, 6) is -0.860. The lowest BCUT2D eigenvalue weighted by molar-refractivity contribution is -0.137. The number of aliphatic carboxylic acids is 1. The van der Waals surface area contributed by atoms with Gasteiger partial charge in [0.1, 0.15) is 0 Å². The van der Waals surface area contributed by atoms with E-state index in [-0.39, 0.29) is 18.5 Å². The molecule has 2 rings (SSSR count). The Bertz CT molecular complexity index is 448. The van der Waals surface area contributed by atoms with Gasteiger partial charge in [-0.1, -0.05) is 5.21 Å². The van der Waals surface area contributed by atoms with Crippen LogP contribution in [-0.2, 0) is 11.3 Å². The summed E-state index contributed by atoms with van der Waals surface area (Å²) in [5, 5.41) is 19.2. The number of aryl methyl sites for hydroxylation is 1. The van der Waals surface area contributed by atoms with Gasteiger partial charge in [0.25, 0.3) is 0 Å². The molecule has 1 unspecified atom stereocenters. The quantitative estimate of drug-likeness (QED) is 0.731. The fourth-order valence-corrected chi connectivity index (χ4v) is 2.41. The van der Waals surface area contributed by atoms with E-state index in [1.165, 1.54) is 0 Å². The minimum absolute atomic E-state index is 0.0202. The van der Waals surface area contributed by atoms with E-state index in [0.29, 0.717) is 19.6 Å². The van der Waals surface area contributed by atoms with Crippen molar-refractivity contribution in [3.63, 3.8) is 0 Å². The Hall–Kier alpha value is -2.12. The largest absolute Gasteiger partial charge is 0.481 e. The summed E-state index contributed by atoms with van der Waals surface area (Å²) in [5.41, 5.74) is 0. The maximum Gasteiger partial charge on any atom is 0.317 e. The molecule has 2 amide bonds. The molecule has 8 nitrogen and oxygen atoms in total. The van der Waals surface area contributed by atoms with Gasteiger partial charge in [-0.25, -0.2) is 4.79 Å². The molecular weight excluding hydrogens is 262 g/mol. The number of likely N-dealkylation sites (tertiary alicyclic amines) is 1.